The summed E-state index contributed by atoms with van der Waals surface area (Å²) in [5, 5.41) is 8.50. The van der Waals surface area contributed by atoms with Gasteiger partial charge in [-0.15, -0.1) is 0 Å². The minimum absolute atomic E-state index is 0.326. The fourth-order valence-electron chi connectivity index (χ4n) is 2.26. The van der Waals surface area contributed by atoms with E-state index in [1.807, 2.05) is 24.3 Å². The van der Waals surface area contributed by atoms with Crippen molar-refractivity contribution in [3.8, 4) is 0 Å². The van der Waals surface area contributed by atoms with Gasteiger partial charge in [-0.3, -0.25) is 19.8 Å². The van der Waals surface area contributed by atoms with Crippen LogP contribution in [0.4, 0.5) is 11.4 Å². The van der Waals surface area contributed by atoms with Gasteiger partial charge in [-0.05, 0) is 23.8 Å². The molecule has 0 spiro atoms. The molecule has 0 aliphatic rings. The Kier molecular flexibility index (Phi) is 3.19. The average molecular weight is 282 g/mol. The fourth-order valence-corrected chi connectivity index (χ4v) is 2.26. The first-order chi connectivity index (χ1) is 10.2. The van der Waals surface area contributed by atoms with Crippen molar-refractivity contribution < 1.29 is 0 Å². The molecule has 0 fully saturated rings. The second-order valence-corrected chi connectivity index (χ2v) is 4.69. The van der Waals surface area contributed by atoms with Crippen molar-refractivity contribution in [2.24, 2.45) is 0 Å². The average Bonchev–Trinajstić information content (AvgIpc) is 2.50. The molecule has 1 heterocycles. The van der Waals surface area contributed by atoms with E-state index >= 15 is 0 Å². The molecular formula is C15H14N4O2. The van der Waals surface area contributed by atoms with E-state index in [0.29, 0.717) is 28.7 Å². The van der Waals surface area contributed by atoms with E-state index < -0.39 is 0 Å². The van der Waals surface area contributed by atoms with Gasteiger partial charge in [0.15, 0.2) is 0 Å². The lowest BCUT2D eigenvalue weighted by atomic mass is 10.1. The summed E-state index contributed by atoms with van der Waals surface area (Å²) in [5.41, 5.74) is 7.43. The number of benzene rings is 2. The maximum atomic E-state index is 11.9. The smallest absolute Gasteiger partial charge is 0.272 e. The van der Waals surface area contributed by atoms with E-state index in [0.717, 1.165) is 5.56 Å². The third-order valence-corrected chi connectivity index (χ3v) is 3.35. The molecule has 6 heteroatoms. The van der Waals surface area contributed by atoms with Gasteiger partial charge in [0.2, 0.25) is 0 Å². The highest BCUT2D eigenvalue weighted by Crippen LogP contribution is 2.19. The van der Waals surface area contributed by atoms with E-state index in [9.17, 15) is 9.59 Å². The van der Waals surface area contributed by atoms with E-state index in [2.05, 4.69) is 15.5 Å². The molecular weight excluding hydrogens is 268 g/mol. The Labute approximate surface area is 119 Å². The highest BCUT2D eigenvalue weighted by molar-refractivity contribution is 5.92. The molecule has 0 aliphatic carbocycles. The van der Waals surface area contributed by atoms with Crippen LogP contribution in [0.15, 0.2) is 52.1 Å². The number of hydrogen-bond donors (Lipinski definition) is 4. The minimum Gasteiger partial charge on any atom is -0.398 e. The number of nitrogen functional groups attached to an aromatic ring is 1. The number of H-pyrrole nitrogens is 2. The summed E-state index contributed by atoms with van der Waals surface area (Å²) in [6.07, 6.45) is 0. The number of nitrogens with two attached hydrogens (primary N) is 1. The molecule has 0 saturated carbocycles. The van der Waals surface area contributed by atoms with Crippen LogP contribution in [0.25, 0.3) is 10.8 Å². The van der Waals surface area contributed by atoms with Gasteiger partial charge < -0.3 is 11.1 Å². The lowest BCUT2D eigenvalue weighted by Crippen LogP contribution is -2.20. The van der Waals surface area contributed by atoms with Crippen molar-refractivity contribution >= 4 is 22.1 Å². The van der Waals surface area contributed by atoms with E-state index in [1.165, 1.54) is 0 Å². The molecule has 3 rings (SSSR count). The predicted molar refractivity (Wildman–Crippen MR) is 83.4 cm³/mol. The number of hydrogen-bond acceptors (Lipinski definition) is 4. The predicted octanol–water partition coefficient (Wildman–Crippen LogP) is 1.41. The van der Waals surface area contributed by atoms with E-state index in [1.54, 1.807) is 18.2 Å². The van der Waals surface area contributed by atoms with Crippen LogP contribution in [0.1, 0.15) is 5.56 Å². The lowest BCUT2D eigenvalue weighted by molar-refractivity contribution is 0.976. The third kappa shape index (κ3) is 2.38. The number of nitrogens with one attached hydrogen (secondary N) is 3. The number of aromatic nitrogens is 2. The zero-order valence-corrected chi connectivity index (χ0v) is 11.1. The van der Waals surface area contributed by atoms with Gasteiger partial charge in [0.05, 0.1) is 10.8 Å². The molecule has 0 atom stereocenters. The molecule has 2 aromatic carbocycles. The standard InChI is InChI=1S/C15H14N4O2/c16-11-6-2-1-4-9(11)8-17-12-7-3-5-10-13(12)15(21)19-18-14(10)20/h1-7,17H,8,16H2,(H,18,20)(H,19,21). The Morgan fingerprint density at radius 2 is 1.71 bits per heavy atom. The number of aromatic amines is 2. The van der Waals surface area contributed by atoms with Crippen molar-refractivity contribution in [1.29, 1.82) is 0 Å². The first-order valence-corrected chi connectivity index (χ1v) is 6.48. The summed E-state index contributed by atoms with van der Waals surface area (Å²) in [4.78, 5) is 23.7. The molecule has 5 N–H and O–H groups in total. The molecule has 3 aromatic rings. The van der Waals surface area contributed by atoms with Gasteiger partial charge in [0.1, 0.15) is 0 Å². The number of fused-ring (bicyclic) bond motifs is 1. The van der Waals surface area contributed by atoms with Crippen LogP contribution in [-0.4, -0.2) is 10.2 Å². The molecule has 0 saturated heterocycles. The van der Waals surface area contributed by atoms with E-state index in [-0.39, 0.29) is 11.1 Å². The van der Waals surface area contributed by atoms with Gasteiger partial charge in [-0.1, -0.05) is 24.3 Å². The topological polar surface area (TPSA) is 104 Å². The van der Waals surface area contributed by atoms with Crippen LogP contribution in [-0.2, 0) is 6.54 Å². The van der Waals surface area contributed by atoms with Crippen molar-refractivity contribution in [2.75, 3.05) is 11.1 Å². The first kappa shape index (κ1) is 13.0. The van der Waals surface area contributed by atoms with Crippen LogP contribution >= 0.6 is 0 Å². The molecule has 1 aromatic heterocycles. The summed E-state index contributed by atoms with van der Waals surface area (Å²) < 4.78 is 0. The van der Waals surface area contributed by atoms with Gasteiger partial charge >= 0.3 is 0 Å². The Bertz CT molecular complexity index is 911. The molecule has 0 bridgehead atoms. The normalized spacial score (nSPS) is 10.7. The molecule has 0 radical (unpaired) electrons. The molecule has 0 aliphatic heterocycles. The molecule has 0 amide bonds. The highest BCUT2D eigenvalue weighted by atomic mass is 16.1. The molecule has 0 unspecified atom stereocenters. The van der Waals surface area contributed by atoms with Crippen molar-refractivity contribution in [2.45, 2.75) is 6.54 Å². The van der Waals surface area contributed by atoms with Gasteiger partial charge in [-0.2, -0.15) is 0 Å². The molecule has 21 heavy (non-hydrogen) atoms. The lowest BCUT2D eigenvalue weighted by Gasteiger charge is -2.10. The summed E-state index contributed by atoms with van der Waals surface area (Å²) in [5.74, 6) is 0. The minimum atomic E-state index is -0.339. The zero-order valence-electron chi connectivity index (χ0n) is 11.1. The van der Waals surface area contributed by atoms with Crippen LogP contribution in [0.3, 0.4) is 0 Å². The van der Waals surface area contributed by atoms with E-state index in [4.69, 9.17) is 5.73 Å². The first-order valence-electron chi connectivity index (χ1n) is 6.48. The van der Waals surface area contributed by atoms with Crippen LogP contribution in [0, 0.1) is 0 Å². The van der Waals surface area contributed by atoms with Crippen LogP contribution in [0.2, 0.25) is 0 Å². The van der Waals surface area contributed by atoms with Crippen molar-refractivity contribution in [3.05, 3.63) is 68.7 Å². The molecule has 106 valence electrons. The summed E-state index contributed by atoms with van der Waals surface area (Å²) >= 11 is 0. The zero-order chi connectivity index (χ0) is 14.8. The number of anilines is 2. The Morgan fingerprint density at radius 3 is 2.52 bits per heavy atom. The number of para-hydroxylation sites is 1. The second kappa shape index (κ2) is 5.16. The second-order valence-electron chi connectivity index (χ2n) is 4.69. The monoisotopic (exact) mass is 282 g/mol. The fraction of sp³-hybridized carbons (Fsp3) is 0.0667. The Balaban J connectivity index is 2.02. The summed E-state index contributed by atoms with van der Waals surface area (Å²) in [7, 11) is 0. The van der Waals surface area contributed by atoms with Gasteiger partial charge in [0.25, 0.3) is 11.1 Å². The maximum Gasteiger partial charge on any atom is 0.272 e. The van der Waals surface area contributed by atoms with Crippen molar-refractivity contribution in [1.82, 2.24) is 10.2 Å². The largest absolute Gasteiger partial charge is 0.398 e. The third-order valence-electron chi connectivity index (χ3n) is 3.35. The summed E-state index contributed by atoms with van der Waals surface area (Å²) in [6.45, 7) is 0.470. The van der Waals surface area contributed by atoms with Crippen LogP contribution < -0.4 is 22.2 Å². The van der Waals surface area contributed by atoms with Gasteiger partial charge in [-0.25, -0.2) is 0 Å². The van der Waals surface area contributed by atoms with Crippen molar-refractivity contribution in [3.63, 3.8) is 0 Å². The Hall–Kier alpha value is -3.02. The summed E-state index contributed by atoms with van der Waals surface area (Å²) in [6, 6.07) is 12.6. The maximum absolute atomic E-state index is 11.9. The Morgan fingerprint density at radius 1 is 0.952 bits per heavy atom. The molecule has 6 nitrogen and oxygen atoms in total. The highest BCUT2D eigenvalue weighted by Gasteiger charge is 2.08. The SMILES string of the molecule is Nc1ccccc1CNc1cccc2c(=O)[nH][nH]c(=O)c12. The van der Waals surface area contributed by atoms with Gasteiger partial charge in [0, 0.05) is 17.9 Å². The quantitative estimate of drug-likeness (QED) is 0.545. The van der Waals surface area contributed by atoms with Crippen LogP contribution in [0.5, 0.6) is 0 Å². The number of rotatable bonds is 3.